The van der Waals surface area contributed by atoms with E-state index in [1.54, 1.807) is 6.92 Å². The third-order valence-electron chi connectivity index (χ3n) is 2.21. The molecule has 0 heterocycles. The average molecular weight is 369 g/mol. The van der Waals surface area contributed by atoms with Crippen molar-refractivity contribution >= 4 is 43.5 Å². The number of aromatic carboxylic acids is 1. The van der Waals surface area contributed by atoms with Crippen molar-refractivity contribution in [3.05, 3.63) is 39.3 Å². The van der Waals surface area contributed by atoms with Crippen molar-refractivity contribution in [1.29, 1.82) is 0 Å². The molecule has 1 aromatic carbocycles. The number of sulfonamides is 1. The summed E-state index contributed by atoms with van der Waals surface area (Å²) in [7, 11) is -3.87. The minimum atomic E-state index is -3.87. The first-order valence-electron chi connectivity index (χ1n) is 5.01. The Morgan fingerprint density at radius 2 is 2.11 bits per heavy atom. The van der Waals surface area contributed by atoms with E-state index in [0.717, 1.165) is 6.07 Å². The molecule has 0 bridgehead atoms. The molecule has 2 N–H and O–H groups in total. The van der Waals surface area contributed by atoms with E-state index in [1.165, 1.54) is 6.07 Å². The largest absolute Gasteiger partial charge is 0.478 e. The lowest BCUT2D eigenvalue weighted by Gasteiger charge is -2.11. The van der Waals surface area contributed by atoms with Gasteiger partial charge in [-0.1, -0.05) is 18.2 Å². The van der Waals surface area contributed by atoms with Gasteiger partial charge in [-0.05, 0) is 40.5 Å². The van der Waals surface area contributed by atoms with Crippen LogP contribution in [0, 0.1) is 6.92 Å². The van der Waals surface area contributed by atoms with E-state index in [-0.39, 0.29) is 22.0 Å². The second kappa shape index (κ2) is 6.04. The summed E-state index contributed by atoms with van der Waals surface area (Å²) in [6.45, 7) is 4.85. The van der Waals surface area contributed by atoms with Crippen molar-refractivity contribution in [2.45, 2.75) is 11.8 Å². The lowest BCUT2D eigenvalue weighted by Crippen LogP contribution is -2.25. The van der Waals surface area contributed by atoms with Crippen molar-refractivity contribution in [2.75, 3.05) is 6.54 Å². The molecule has 0 aliphatic carbocycles. The topological polar surface area (TPSA) is 83.5 Å². The van der Waals surface area contributed by atoms with Crippen LogP contribution in [0.3, 0.4) is 0 Å². The predicted octanol–water partition coefficient (Wildman–Crippen LogP) is 2.49. The maximum atomic E-state index is 12.1. The van der Waals surface area contributed by atoms with Gasteiger partial charge in [0.1, 0.15) is 0 Å². The Morgan fingerprint density at radius 1 is 1.53 bits per heavy atom. The first-order chi connectivity index (χ1) is 8.65. The highest BCUT2D eigenvalue weighted by Gasteiger charge is 2.21. The Bertz CT molecular complexity index is 642. The van der Waals surface area contributed by atoms with Gasteiger partial charge in [0.15, 0.2) is 0 Å². The molecule has 1 rings (SSSR count). The van der Waals surface area contributed by atoms with E-state index in [4.69, 9.17) is 16.7 Å². The van der Waals surface area contributed by atoms with Gasteiger partial charge in [-0.2, -0.15) is 0 Å². The van der Waals surface area contributed by atoms with Crippen molar-refractivity contribution in [3.8, 4) is 0 Å². The third kappa shape index (κ3) is 4.04. The van der Waals surface area contributed by atoms with Gasteiger partial charge in [-0.25, -0.2) is 17.9 Å². The van der Waals surface area contributed by atoms with Gasteiger partial charge in [0, 0.05) is 16.0 Å². The molecule has 0 fully saturated rings. The zero-order chi connectivity index (χ0) is 14.8. The highest BCUT2D eigenvalue weighted by Crippen LogP contribution is 2.27. The van der Waals surface area contributed by atoms with E-state index in [2.05, 4.69) is 27.2 Å². The predicted molar refractivity (Wildman–Crippen MR) is 76.0 cm³/mol. The maximum absolute atomic E-state index is 12.1. The summed E-state index contributed by atoms with van der Waals surface area (Å²) in [6.07, 6.45) is 0. The quantitative estimate of drug-likeness (QED) is 0.836. The van der Waals surface area contributed by atoms with Crippen molar-refractivity contribution in [3.63, 3.8) is 0 Å². The summed E-state index contributed by atoms with van der Waals surface area (Å²) in [4.78, 5) is 10.8. The van der Waals surface area contributed by atoms with E-state index in [0.29, 0.717) is 10.0 Å². The lowest BCUT2D eigenvalue weighted by molar-refractivity contribution is 0.0696. The molecule has 0 aromatic heterocycles. The number of hydrogen-bond donors (Lipinski definition) is 2. The second-order valence-electron chi connectivity index (χ2n) is 3.75. The molecular formula is C11H11BrClNO4S. The Hall–Kier alpha value is -0.890. The van der Waals surface area contributed by atoms with Gasteiger partial charge < -0.3 is 5.11 Å². The van der Waals surface area contributed by atoms with Gasteiger partial charge in [0.2, 0.25) is 10.0 Å². The number of carbonyl (C=O) groups is 1. The molecule has 0 saturated heterocycles. The number of halogens is 2. The molecule has 0 spiro atoms. The molecule has 0 amide bonds. The normalized spacial score (nSPS) is 11.3. The van der Waals surface area contributed by atoms with Gasteiger partial charge in [-0.3, -0.25) is 0 Å². The lowest BCUT2D eigenvalue weighted by atomic mass is 10.1. The zero-order valence-corrected chi connectivity index (χ0v) is 13.1. The first-order valence-corrected chi connectivity index (χ1v) is 7.67. The van der Waals surface area contributed by atoms with Gasteiger partial charge in [-0.15, -0.1) is 0 Å². The van der Waals surface area contributed by atoms with Crippen LogP contribution >= 0.6 is 27.5 Å². The summed E-state index contributed by atoms with van der Waals surface area (Å²) < 4.78 is 26.6. The Kier molecular flexibility index (Phi) is 5.14. The summed E-state index contributed by atoms with van der Waals surface area (Å²) >= 11 is 8.64. The van der Waals surface area contributed by atoms with Crippen LogP contribution < -0.4 is 4.72 Å². The molecule has 0 aliphatic rings. The van der Waals surface area contributed by atoms with E-state index < -0.39 is 16.0 Å². The number of carboxylic acids is 1. The number of hydrogen-bond acceptors (Lipinski definition) is 3. The van der Waals surface area contributed by atoms with Crippen LogP contribution in [-0.2, 0) is 10.0 Å². The molecule has 5 nitrogen and oxygen atoms in total. The molecule has 0 atom stereocenters. The van der Waals surface area contributed by atoms with Gasteiger partial charge in [0.05, 0.1) is 10.5 Å². The first kappa shape index (κ1) is 16.2. The molecule has 8 heteroatoms. The van der Waals surface area contributed by atoms with Crippen LogP contribution in [0.25, 0.3) is 0 Å². The van der Waals surface area contributed by atoms with Crippen LogP contribution in [0.15, 0.2) is 33.1 Å². The minimum Gasteiger partial charge on any atom is -0.478 e. The molecule has 0 saturated carbocycles. The fraction of sp³-hybridized carbons (Fsp3) is 0.182. The molecular weight excluding hydrogens is 358 g/mol. The van der Waals surface area contributed by atoms with Crippen LogP contribution in [0.1, 0.15) is 15.9 Å². The minimum absolute atomic E-state index is 0.106. The molecule has 0 unspecified atom stereocenters. The standard InChI is InChI=1S/C11H11BrClNO4S/c1-6-3-8(11(15)16)4-9(10(6)12)19(17,18)14-5-7(2)13/h3-4,14H,2,5H2,1H3,(H,15,16). The second-order valence-corrected chi connectivity index (χ2v) is 6.82. The molecule has 1 aromatic rings. The Balaban J connectivity index is 3.33. The zero-order valence-electron chi connectivity index (χ0n) is 9.91. The van der Waals surface area contributed by atoms with Gasteiger partial charge >= 0.3 is 5.97 Å². The molecule has 0 aliphatic heterocycles. The number of rotatable bonds is 5. The van der Waals surface area contributed by atoms with Crippen molar-refractivity contribution < 1.29 is 18.3 Å². The third-order valence-corrected chi connectivity index (χ3v) is 5.09. The summed E-state index contributed by atoms with van der Waals surface area (Å²) in [6, 6.07) is 2.46. The Morgan fingerprint density at radius 3 is 2.58 bits per heavy atom. The van der Waals surface area contributed by atoms with Gasteiger partial charge in [0.25, 0.3) is 0 Å². The molecule has 19 heavy (non-hydrogen) atoms. The highest BCUT2D eigenvalue weighted by molar-refractivity contribution is 9.10. The summed E-state index contributed by atoms with van der Waals surface area (Å²) in [5, 5.41) is 9.07. The Labute approximate surface area is 124 Å². The van der Waals surface area contributed by atoms with Crippen LogP contribution in [0.4, 0.5) is 0 Å². The maximum Gasteiger partial charge on any atom is 0.335 e. The fourth-order valence-electron chi connectivity index (χ4n) is 1.31. The summed E-state index contributed by atoms with van der Waals surface area (Å²) in [5.74, 6) is -1.20. The number of benzene rings is 1. The van der Waals surface area contributed by atoms with Crippen LogP contribution in [-0.4, -0.2) is 26.0 Å². The average Bonchev–Trinajstić information content (AvgIpc) is 2.29. The van der Waals surface area contributed by atoms with E-state index in [9.17, 15) is 13.2 Å². The van der Waals surface area contributed by atoms with Crippen molar-refractivity contribution in [1.82, 2.24) is 4.72 Å². The fourth-order valence-corrected chi connectivity index (χ4v) is 3.52. The summed E-state index contributed by atoms with van der Waals surface area (Å²) in [5.41, 5.74) is 0.399. The molecule has 0 radical (unpaired) electrons. The van der Waals surface area contributed by atoms with Crippen LogP contribution in [0.2, 0.25) is 0 Å². The SMILES string of the molecule is C=C(Cl)CNS(=O)(=O)c1cc(C(=O)O)cc(C)c1Br. The number of carboxylic acid groups (broad SMARTS) is 1. The van der Waals surface area contributed by atoms with Crippen LogP contribution in [0.5, 0.6) is 0 Å². The monoisotopic (exact) mass is 367 g/mol. The van der Waals surface area contributed by atoms with E-state index >= 15 is 0 Å². The smallest absolute Gasteiger partial charge is 0.335 e. The molecule has 104 valence electrons. The number of nitrogens with one attached hydrogen (secondary N) is 1. The van der Waals surface area contributed by atoms with Crippen molar-refractivity contribution in [2.24, 2.45) is 0 Å². The number of aryl methyl sites for hydroxylation is 1. The van der Waals surface area contributed by atoms with E-state index in [1.807, 2.05) is 0 Å². The highest BCUT2D eigenvalue weighted by atomic mass is 79.9.